The van der Waals surface area contributed by atoms with E-state index in [1.54, 1.807) is 7.11 Å². The third-order valence-corrected chi connectivity index (χ3v) is 6.78. The van der Waals surface area contributed by atoms with Crippen molar-refractivity contribution < 1.29 is 9.47 Å². The normalized spacial score (nSPS) is 23.9. The number of methoxy groups -OCH3 is 1. The third kappa shape index (κ3) is 4.15. The van der Waals surface area contributed by atoms with Crippen LogP contribution < -0.4 is 9.47 Å². The summed E-state index contributed by atoms with van der Waals surface area (Å²) in [5.41, 5.74) is 1.30. The van der Waals surface area contributed by atoms with Gasteiger partial charge in [0.05, 0.1) is 13.2 Å². The average molecular weight is 375 g/mol. The van der Waals surface area contributed by atoms with Gasteiger partial charge >= 0.3 is 0 Å². The molecule has 2 aliphatic heterocycles. The summed E-state index contributed by atoms with van der Waals surface area (Å²) in [5, 5.41) is 2.56. The van der Waals surface area contributed by atoms with Crippen LogP contribution in [0, 0.1) is 0 Å². The van der Waals surface area contributed by atoms with Crippen LogP contribution in [-0.4, -0.2) is 49.2 Å². The Labute approximate surface area is 161 Å². The van der Waals surface area contributed by atoms with E-state index in [1.165, 1.54) is 44.3 Å². The maximum Gasteiger partial charge on any atom is 0.161 e. The second kappa shape index (κ2) is 8.57. The number of nitrogens with zero attached hydrogens (tertiary/aromatic N) is 2. The topological polar surface area (TPSA) is 24.9 Å². The van der Waals surface area contributed by atoms with Gasteiger partial charge in [0, 0.05) is 19.3 Å². The van der Waals surface area contributed by atoms with Crippen LogP contribution in [0.25, 0.3) is 0 Å². The molecule has 3 aliphatic rings. The smallest absolute Gasteiger partial charge is 0.161 e. The average Bonchev–Trinajstić information content (AvgIpc) is 3.42. The van der Waals surface area contributed by atoms with E-state index in [2.05, 4.69) is 39.6 Å². The summed E-state index contributed by atoms with van der Waals surface area (Å²) in [6.07, 6.45) is 10.2. The minimum absolute atomic E-state index is 0.342. The number of thioether (sulfide) groups is 1. The van der Waals surface area contributed by atoms with Gasteiger partial charge < -0.3 is 19.3 Å². The number of rotatable bonds is 7. The molecule has 0 spiro atoms. The van der Waals surface area contributed by atoms with Gasteiger partial charge in [0.2, 0.25) is 0 Å². The van der Waals surface area contributed by atoms with Crippen molar-refractivity contribution in [3.63, 3.8) is 0 Å². The molecule has 1 saturated carbocycles. The largest absolute Gasteiger partial charge is 0.493 e. The lowest BCUT2D eigenvalue weighted by atomic mass is 10.1. The zero-order valence-electron chi connectivity index (χ0n) is 15.7. The Morgan fingerprint density at radius 1 is 1.04 bits per heavy atom. The first-order valence-corrected chi connectivity index (χ1v) is 10.9. The number of likely N-dealkylation sites (tertiary alicyclic amines) is 1. The summed E-state index contributed by atoms with van der Waals surface area (Å²) >= 11 is 1.88. The molecule has 142 valence electrons. The van der Waals surface area contributed by atoms with Crippen LogP contribution in [0.4, 0.5) is 0 Å². The summed E-state index contributed by atoms with van der Waals surface area (Å²) in [6, 6.07) is 6.45. The molecule has 4 nitrogen and oxygen atoms in total. The Hall–Kier alpha value is -1.33. The summed E-state index contributed by atoms with van der Waals surface area (Å²) in [5.74, 6) is 1.75. The van der Waals surface area contributed by atoms with E-state index < -0.39 is 0 Å². The van der Waals surface area contributed by atoms with E-state index in [0.717, 1.165) is 37.4 Å². The Balaban J connectivity index is 1.44. The second-order valence-electron chi connectivity index (χ2n) is 7.49. The summed E-state index contributed by atoms with van der Waals surface area (Å²) in [4.78, 5) is 5.04. The molecule has 1 aromatic rings. The number of benzene rings is 1. The lowest BCUT2D eigenvalue weighted by Gasteiger charge is -2.28. The molecular formula is C21H30N2O2S. The highest BCUT2D eigenvalue weighted by Crippen LogP contribution is 2.42. The van der Waals surface area contributed by atoms with E-state index >= 15 is 0 Å². The quantitative estimate of drug-likeness (QED) is 0.693. The van der Waals surface area contributed by atoms with Gasteiger partial charge in [-0.05, 0) is 74.7 Å². The molecule has 26 heavy (non-hydrogen) atoms. The van der Waals surface area contributed by atoms with Crippen LogP contribution >= 0.6 is 11.8 Å². The van der Waals surface area contributed by atoms with Gasteiger partial charge in [0.15, 0.2) is 11.5 Å². The van der Waals surface area contributed by atoms with Crippen LogP contribution in [0.5, 0.6) is 11.5 Å². The fraction of sp³-hybridized carbons (Fsp3) is 0.619. The highest BCUT2D eigenvalue weighted by Gasteiger charge is 2.25. The Morgan fingerprint density at radius 3 is 2.62 bits per heavy atom. The maximum absolute atomic E-state index is 6.29. The minimum atomic E-state index is 0.342. The van der Waals surface area contributed by atoms with Crippen LogP contribution in [0.15, 0.2) is 29.8 Å². The molecular weight excluding hydrogens is 344 g/mol. The van der Waals surface area contributed by atoms with Gasteiger partial charge in [-0.1, -0.05) is 6.07 Å². The molecule has 1 atom stereocenters. The van der Waals surface area contributed by atoms with Crippen LogP contribution in [0.1, 0.15) is 49.5 Å². The van der Waals surface area contributed by atoms with E-state index in [4.69, 9.17) is 9.47 Å². The number of hydrogen-bond acceptors (Lipinski definition) is 5. The van der Waals surface area contributed by atoms with E-state index in [-0.39, 0.29) is 0 Å². The molecule has 4 rings (SSSR count). The molecule has 1 saturated heterocycles. The molecule has 0 radical (unpaired) electrons. The first-order chi connectivity index (χ1) is 12.8. The van der Waals surface area contributed by atoms with Crippen molar-refractivity contribution in [1.82, 2.24) is 9.80 Å². The third-order valence-electron chi connectivity index (χ3n) is 5.70. The van der Waals surface area contributed by atoms with E-state index in [9.17, 15) is 0 Å². The predicted octanol–water partition coefficient (Wildman–Crippen LogP) is 4.63. The zero-order valence-corrected chi connectivity index (χ0v) is 16.5. The number of ether oxygens (including phenoxy) is 2. The van der Waals surface area contributed by atoms with Gasteiger partial charge in [-0.15, -0.1) is 11.8 Å². The van der Waals surface area contributed by atoms with Crippen LogP contribution in [0.2, 0.25) is 0 Å². The zero-order chi connectivity index (χ0) is 17.8. The molecule has 2 heterocycles. The molecule has 1 aliphatic carbocycles. The lowest BCUT2D eigenvalue weighted by Crippen LogP contribution is -2.31. The summed E-state index contributed by atoms with van der Waals surface area (Å²) in [7, 11) is 1.73. The first kappa shape index (κ1) is 18.1. The Bertz CT molecular complexity index is 624. The fourth-order valence-corrected chi connectivity index (χ4v) is 5.21. The lowest BCUT2D eigenvalue weighted by molar-refractivity contribution is 0.200. The van der Waals surface area contributed by atoms with Gasteiger partial charge in [-0.25, -0.2) is 0 Å². The predicted molar refractivity (Wildman–Crippen MR) is 108 cm³/mol. The van der Waals surface area contributed by atoms with Crippen molar-refractivity contribution in [2.75, 3.05) is 33.3 Å². The van der Waals surface area contributed by atoms with Crippen LogP contribution in [0.3, 0.4) is 0 Å². The van der Waals surface area contributed by atoms with E-state index in [0.29, 0.717) is 11.5 Å². The maximum atomic E-state index is 6.29. The van der Waals surface area contributed by atoms with Gasteiger partial charge in [-0.3, -0.25) is 0 Å². The minimum Gasteiger partial charge on any atom is -0.493 e. The van der Waals surface area contributed by atoms with Crippen molar-refractivity contribution >= 4 is 11.8 Å². The molecule has 5 heteroatoms. The van der Waals surface area contributed by atoms with Gasteiger partial charge in [0.25, 0.3) is 0 Å². The molecule has 1 aromatic carbocycles. The van der Waals surface area contributed by atoms with Crippen LogP contribution in [-0.2, 0) is 0 Å². The van der Waals surface area contributed by atoms with Crippen molar-refractivity contribution in [2.45, 2.75) is 50.0 Å². The molecule has 1 unspecified atom stereocenters. The molecule has 0 aromatic heterocycles. The first-order valence-electron chi connectivity index (χ1n) is 9.98. The van der Waals surface area contributed by atoms with Crippen molar-refractivity contribution in [3.8, 4) is 11.5 Å². The molecule has 2 fully saturated rings. The second-order valence-corrected chi connectivity index (χ2v) is 8.49. The van der Waals surface area contributed by atoms with Crippen molar-refractivity contribution in [1.29, 1.82) is 0 Å². The van der Waals surface area contributed by atoms with E-state index in [1.807, 2.05) is 11.8 Å². The number of hydrogen-bond donors (Lipinski definition) is 0. The molecule has 0 N–H and O–H groups in total. The fourth-order valence-electron chi connectivity index (χ4n) is 4.19. The van der Waals surface area contributed by atoms with Crippen molar-refractivity contribution in [2.24, 2.45) is 0 Å². The Kier molecular flexibility index (Phi) is 5.95. The van der Waals surface area contributed by atoms with Gasteiger partial charge in [0.1, 0.15) is 5.37 Å². The highest BCUT2D eigenvalue weighted by atomic mass is 32.2. The monoisotopic (exact) mass is 374 g/mol. The SMILES string of the molecule is COc1ccc(C2SC=CN2CCN2CCCC2)cc1OC1CCCC1. The summed E-state index contributed by atoms with van der Waals surface area (Å²) in [6.45, 7) is 4.76. The highest BCUT2D eigenvalue weighted by molar-refractivity contribution is 8.02. The standard InChI is InChI=1S/C21H30N2O2S/c1-24-19-9-8-17(16-20(19)25-18-6-2-3-7-18)21-23(14-15-26-21)13-12-22-10-4-5-11-22/h8-9,14-16,18,21H,2-7,10-13H2,1H3. The molecule has 0 bridgehead atoms. The van der Waals surface area contributed by atoms with Crippen molar-refractivity contribution in [3.05, 3.63) is 35.4 Å². The van der Waals surface area contributed by atoms with Gasteiger partial charge in [-0.2, -0.15) is 0 Å². The molecule has 0 amide bonds. The Morgan fingerprint density at radius 2 is 1.85 bits per heavy atom. The summed E-state index contributed by atoms with van der Waals surface area (Å²) < 4.78 is 11.8.